The number of nitrogens with one attached hydrogen (secondary N) is 2. The van der Waals surface area contributed by atoms with Crippen LogP contribution in [0.4, 0.5) is 0 Å². The first kappa shape index (κ1) is 23.7. The molecule has 1 saturated carbocycles. The second-order valence-corrected chi connectivity index (χ2v) is 8.74. The summed E-state index contributed by atoms with van der Waals surface area (Å²) in [5, 5.41) is 4.52. The van der Waals surface area contributed by atoms with Crippen LogP contribution in [0.25, 0.3) is 0 Å². The van der Waals surface area contributed by atoms with Gasteiger partial charge in [0.1, 0.15) is 0 Å². The first-order valence-electron chi connectivity index (χ1n) is 11.2. The lowest BCUT2D eigenvalue weighted by Crippen LogP contribution is -3.05. The van der Waals surface area contributed by atoms with Gasteiger partial charge in [0.2, 0.25) is 0 Å². The Labute approximate surface area is 182 Å². The van der Waals surface area contributed by atoms with Gasteiger partial charge >= 0.3 is 0 Å². The monoisotopic (exact) mass is 422 g/mol. The number of ether oxygens (including phenoxy) is 2. The van der Waals surface area contributed by atoms with Crippen molar-refractivity contribution in [2.45, 2.75) is 64.5 Å². The van der Waals surface area contributed by atoms with Crippen molar-refractivity contribution in [2.24, 2.45) is 0 Å². The summed E-state index contributed by atoms with van der Waals surface area (Å²) in [5.74, 6) is 1.60. The SMILES string of the molecule is CCCOc1ccc(CN(CCC[NH+](C)C)C(=S)NC2CCCCC2)cc1OC. The van der Waals surface area contributed by atoms with Crippen molar-refractivity contribution in [1.29, 1.82) is 0 Å². The highest BCUT2D eigenvalue weighted by molar-refractivity contribution is 7.80. The maximum atomic E-state index is 5.83. The Morgan fingerprint density at radius 2 is 1.97 bits per heavy atom. The van der Waals surface area contributed by atoms with Crippen LogP contribution >= 0.6 is 12.2 Å². The van der Waals surface area contributed by atoms with Crippen LogP contribution in [0, 0.1) is 0 Å². The Hall–Kier alpha value is -1.53. The van der Waals surface area contributed by atoms with E-state index in [0.717, 1.165) is 49.1 Å². The minimum absolute atomic E-state index is 0.526. The van der Waals surface area contributed by atoms with Gasteiger partial charge in [-0.05, 0) is 49.2 Å². The number of nitrogens with zero attached hydrogens (tertiary/aromatic N) is 1. The number of hydrogen-bond donors (Lipinski definition) is 2. The van der Waals surface area contributed by atoms with Crippen LogP contribution in [0.1, 0.15) is 57.4 Å². The van der Waals surface area contributed by atoms with Gasteiger partial charge in [-0.15, -0.1) is 0 Å². The molecule has 0 heterocycles. The normalized spacial score (nSPS) is 14.7. The van der Waals surface area contributed by atoms with E-state index in [-0.39, 0.29) is 0 Å². The molecule has 1 aromatic carbocycles. The minimum Gasteiger partial charge on any atom is -0.493 e. The Morgan fingerprint density at radius 1 is 1.21 bits per heavy atom. The molecule has 0 amide bonds. The van der Waals surface area contributed by atoms with Crippen LogP contribution in [-0.4, -0.2) is 57.0 Å². The van der Waals surface area contributed by atoms with E-state index in [0.29, 0.717) is 12.6 Å². The molecule has 6 heteroatoms. The smallest absolute Gasteiger partial charge is 0.169 e. The fourth-order valence-corrected chi connectivity index (χ4v) is 4.07. The summed E-state index contributed by atoms with van der Waals surface area (Å²) in [6, 6.07) is 6.75. The summed E-state index contributed by atoms with van der Waals surface area (Å²) in [5.41, 5.74) is 1.19. The molecule has 0 unspecified atom stereocenters. The van der Waals surface area contributed by atoms with Crippen molar-refractivity contribution in [3.05, 3.63) is 23.8 Å². The number of benzene rings is 1. The molecule has 0 radical (unpaired) electrons. The summed E-state index contributed by atoms with van der Waals surface area (Å²) < 4.78 is 11.4. The zero-order chi connectivity index (χ0) is 21.1. The lowest BCUT2D eigenvalue weighted by molar-refractivity contribution is -0.858. The van der Waals surface area contributed by atoms with Crippen LogP contribution in [-0.2, 0) is 6.54 Å². The highest BCUT2D eigenvalue weighted by Gasteiger charge is 2.18. The summed E-state index contributed by atoms with van der Waals surface area (Å²) in [7, 11) is 6.09. The van der Waals surface area contributed by atoms with E-state index in [9.17, 15) is 0 Å². The van der Waals surface area contributed by atoms with Gasteiger partial charge in [0.15, 0.2) is 16.6 Å². The number of thiocarbonyl (C=S) groups is 1. The molecule has 0 aliphatic heterocycles. The largest absolute Gasteiger partial charge is 0.493 e. The Bertz CT molecular complexity index is 618. The van der Waals surface area contributed by atoms with E-state index in [2.05, 4.69) is 43.4 Å². The number of hydrogen-bond acceptors (Lipinski definition) is 3. The van der Waals surface area contributed by atoms with Crippen LogP contribution < -0.4 is 19.7 Å². The van der Waals surface area contributed by atoms with Crippen molar-refractivity contribution < 1.29 is 14.4 Å². The van der Waals surface area contributed by atoms with Crippen LogP contribution in [0.3, 0.4) is 0 Å². The van der Waals surface area contributed by atoms with Crippen molar-refractivity contribution in [1.82, 2.24) is 10.2 Å². The van der Waals surface area contributed by atoms with Crippen LogP contribution in [0.2, 0.25) is 0 Å². The average Bonchev–Trinajstić information content (AvgIpc) is 2.72. The topological polar surface area (TPSA) is 38.2 Å². The van der Waals surface area contributed by atoms with Gasteiger partial charge in [-0.1, -0.05) is 32.3 Å². The maximum absolute atomic E-state index is 5.83. The fourth-order valence-electron chi connectivity index (χ4n) is 3.75. The third kappa shape index (κ3) is 8.39. The first-order chi connectivity index (χ1) is 14.0. The van der Waals surface area contributed by atoms with Gasteiger partial charge in [-0.2, -0.15) is 0 Å². The lowest BCUT2D eigenvalue weighted by atomic mass is 9.96. The molecule has 0 spiro atoms. The predicted octanol–water partition coefficient (Wildman–Crippen LogP) is 3.03. The molecule has 0 bridgehead atoms. The summed E-state index contributed by atoms with van der Waals surface area (Å²) >= 11 is 5.83. The van der Waals surface area contributed by atoms with Crippen molar-refractivity contribution in [3.63, 3.8) is 0 Å². The standard InChI is InChI=1S/C23H39N3O2S/c1-5-16-28-21-13-12-19(17-22(21)27-4)18-26(15-9-14-25(2)3)23(29)24-20-10-7-6-8-11-20/h12-13,17,20H,5-11,14-16,18H2,1-4H3,(H,24,29)/p+1. The Morgan fingerprint density at radius 3 is 2.62 bits per heavy atom. The lowest BCUT2D eigenvalue weighted by Gasteiger charge is -2.31. The van der Waals surface area contributed by atoms with E-state index in [4.69, 9.17) is 21.7 Å². The van der Waals surface area contributed by atoms with Crippen LogP contribution in [0.5, 0.6) is 11.5 Å². The molecule has 5 nitrogen and oxygen atoms in total. The first-order valence-corrected chi connectivity index (χ1v) is 11.6. The molecule has 0 aromatic heterocycles. The quantitative estimate of drug-likeness (QED) is 0.536. The third-order valence-electron chi connectivity index (χ3n) is 5.39. The highest BCUT2D eigenvalue weighted by atomic mass is 32.1. The van der Waals surface area contributed by atoms with Gasteiger partial charge in [-0.25, -0.2) is 0 Å². The highest BCUT2D eigenvalue weighted by Crippen LogP contribution is 2.29. The van der Waals surface area contributed by atoms with Gasteiger partial charge in [0.25, 0.3) is 0 Å². The molecule has 0 atom stereocenters. The van der Waals surface area contributed by atoms with Gasteiger partial charge in [0, 0.05) is 25.6 Å². The predicted molar refractivity (Wildman–Crippen MR) is 124 cm³/mol. The second kappa shape index (κ2) is 12.9. The van der Waals surface area contributed by atoms with E-state index in [1.807, 2.05) is 6.07 Å². The second-order valence-electron chi connectivity index (χ2n) is 8.35. The van der Waals surface area contributed by atoms with Crippen molar-refractivity contribution in [3.8, 4) is 11.5 Å². The summed E-state index contributed by atoms with van der Waals surface area (Å²) in [6.45, 7) is 5.68. The molecule has 2 rings (SSSR count). The molecule has 1 aliphatic rings. The number of quaternary nitrogens is 1. The number of rotatable bonds is 11. The zero-order valence-corrected chi connectivity index (χ0v) is 19.6. The molecule has 1 aliphatic carbocycles. The molecular weight excluding hydrogens is 382 g/mol. The van der Waals surface area contributed by atoms with E-state index < -0.39 is 0 Å². The molecule has 29 heavy (non-hydrogen) atoms. The Balaban J connectivity index is 2.05. The van der Waals surface area contributed by atoms with Gasteiger partial charge in [-0.3, -0.25) is 0 Å². The molecule has 0 saturated heterocycles. The summed E-state index contributed by atoms with van der Waals surface area (Å²) in [4.78, 5) is 3.78. The molecule has 1 aromatic rings. The van der Waals surface area contributed by atoms with Gasteiger partial charge in [0.05, 0.1) is 34.4 Å². The summed E-state index contributed by atoms with van der Waals surface area (Å²) in [6.07, 6.45) is 8.52. The molecule has 2 N–H and O–H groups in total. The van der Waals surface area contributed by atoms with Crippen molar-refractivity contribution >= 4 is 17.3 Å². The van der Waals surface area contributed by atoms with E-state index in [1.54, 1.807) is 7.11 Å². The molecular formula is C23H40N3O2S+. The third-order valence-corrected chi connectivity index (χ3v) is 5.76. The van der Waals surface area contributed by atoms with E-state index in [1.165, 1.54) is 42.6 Å². The van der Waals surface area contributed by atoms with E-state index >= 15 is 0 Å². The maximum Gasteiger partial charge on any atom is 0.169 e. The van der Waals surface area contributed by atoms with Crippen LogP contribution in [0.15, 0.2) is 18.2 Å². The number of methoxy groups -OCH3 is 1. The zero-order valence-electron chi connectivity index (χ0n) is 18.8. The van der Waals surface area contributed by atoms with Gasteiger partial charge < -0.3 is 24.6 Å². The average molecular weight is 423 g/mol. The fraction of sp³-hybridized carbons (Fsp3) is 0.696. The van der Waals surface area contributed by atoms with Crippen molar-refractivity contribution in [2.75, 3.05) is 40.9 Å². The molecule has 164 valence electrons. The Kier molecular flexibility index (Phi) is 10.6. The molecule has 1 fully saturated rings. The minimum atomic E-state index is 0.526.